The molecular weight excluding hydrogens is 204 g/mol. The van der Waals surface area contributed by atoms with Crippen molar-refractivity contribution < 1.29 is 0 Å². The first kappa shape index (κ1) is 11.1. The number of nitrogens with one attached hydrogen (secondary N) is 1. The minimum Gasteiger partial charge on any atom is -0.363 e. The minimum absolute atomic E-state index is 0.0574. The van der Waals surface area contributed by atoms with Crippen molar-refractivity contribution in [2.45, 2.75) is 44.8 Å². The second-order valence-corrected chi connectivity index (χ2v) is 4.65. The van der Waals surface area contributed by atoms with E-state index < -0.39 is 0 Å². The van der Waals surface area contributed by atoms with E-state index in [-0.39, 0.29) is 17.6 Å². The lowest BCUT2D eigenvalue weighted by atomic mass is 9.88. The van der Waals surface area contributed by atoms with E-state index in [9.17, 15) is 4.79 Å². The Morgan fingerprint density at radius 1 is 1.56 bits per heavy atom. The predicted molar refractivity (Wildman–Crippen MR) is 63.5 cm³/mol. The van der Waals surface area contributed by atoms with Gasteiger partial charge in [0.15, 0.2) is 5.82 Å². The van der Waals surface area contributed by atoms with Crippen LogP contribution in [0.2, 0.25) is 0 Å². The molecule has 5 nitrogen and oxygen atoms in total. The number of aromatic nitrogens is 2. The molecule has 1 aliphatic rings. The highest BCUT2D eigenvalue weighted by Crippen LogP contribution is 2.20. The molecule has 16 heavy (non-hydrogen) atoms. The van der Waals surface area contributed by atoms with Gasteiger partial charge < -0.3 is 15.6 Å². The van der Waals surface area contributed by atoms with E-state index in [1.165, 1.54) is 0 Å². The van der Waals surface area contributed by atoms with Crippen LogP contribution in [-0.4, -0.2) is 21.6 Å². The molecule has 0 amide bonds. The standard InChI is InChI=1S/C11H18N4O/c1-7(2)15-4-3-13-10(11(15)16)14-9-5-8(12)6-9/h3-4,7-9H,5-6,12H2,1-2H3,(H,13,14). The molecule has 0 saturated heterocycles. The maximum atomic E-state index is 12.0. The van der Waals surface area contributed by atoms with Crippen molar-refractivity contribution in [2.75, 3.05) is 5.32 Å². The van der Waals surface area contributed by atoms with Gasteiger partial charge in [-0.05, 0) is 26.7 Å². The van der Waals surface area contributed by atoms with Gasteiger partial charge in [-0.25, -0.2) is 4.98 Å². The monoisotopic (exact) mass is 222 g/mol. The number of rotatable bonds is 3. The molecule has 1 fully saturated rings. The van der Waals surface area contributed by atoms with E-state index in [1.807, 2.05) is 13.8 Å². The molecule has 0 bridgehead atoms. The number of nitrogens with two attached hydrogens (primary N) is 1. The van der Waals surface area contributed by atoms with Gasteiger partial charge in [-0.15, -0.1) is 0 Å². The van der Waals surface area contributed by atoms with E-state index in [1.54, 1.807) is 17.0 Å². The smallest absolute Gasteiger partial charge is 0.293 e. The first-order valence-electron chi connectivity index (χ1n) is 5.67. The summed E-state index contributed by atoms with van der Waals surface area (Å²) in [6.07, 6.45) is 5.20. The van der Waals surface area contributed by atoms with E-state index in [4.69, 9.17) is 5.73 Å². The minimum atomic E-state index is -0.0574. The third-order valence-electron chi connectivity index (χ3n) is 2.94. The predicted octanol–water partition coefficient (Wildman–Crippen LogP) is 0.726. The fraction of sp³-hybridized carbons (Fsp3) is 0.636. The Hall–Kier alpha value is -1.36. The molecular formula is C11H18N4O. The van der Waals surface area contributed by atoms with E-state index in [0.717, 1.165) is 12.8 Å². The lowest BCUT2D eigenvalue weighted by Gasteiger charge is -2.33. The second kappa shape index (κ2) is 4.25. The quantitative estimate of drug-likeness (QED) is 0.790. The molecule has 1 aliphatic carbocycles. The Morgan fingerprint density at radius 3 is 2.81 bits per heavy atom. The fourth-order valence-electron chi connectivity index (χ4n) is 1.90. The van der Waals surface area contributed by atoms with Gasteiger partial charge in [-0.3, -0.25) is 4.79 Å². The zero-order valence-electron chi connectivity index (χ0n) is 9.68. The van der Waals surface area contributed by atoms with Crippen LogP contribution in [0.1, 0.15) is 32.7 Å². The van der Waals surface area contributed by atoms with Crippen LogP contribution in [0.15, 0.2) is 17.2 Å². The van der Waals surface area contributed by atoms with Crippen LogP contribution < -0.4 is 16.6 Å². The van der Waals surface area contributed by atoms with Crippen LogP contribution in [0.3, 0.4) is 0 Å². The highest BCUT2D eigenvalue weighted by molar-refractivity contribution is 5.33. The van der Waals surface area contributed by atoms with Crippen LogP contribution in [0.5, 0.6) is 0 Å². The van der Waals surface area contributed by atoms with Gasteiger partial charge in [0.1, 0.15) is 0 Å². The normalized spacial score (nSPS) is 24.2. The average Bonchev–Trinajstić information content (AvgIpc) is 2.18. The molecule has 0 spiro atoms. The number of nitrogens with zero attached hydrogens (tertiary/aromatic N) is 2. The van der Waals surface area contributed by atoms with Crippen LogP contribution in [0, 0.1) is 0 Å². The summed E-state index contributed by atoms with van der Waals surface area (Å²) in [6, 6.07) is 0.728. The molecule has 1 saturated carbocycles. The van der Waals surface area contributed by atoms with Gasteiger partial charge in [-0.2, -0.15) is 0 Å². The van der Waals surface area contributed by atoms with Crippen LogP contribution in [0.4, 0.5) is 5.82 Å². The molecule has 5 heteroatoms. The number of hydrogen-bond donors (Lipinski definition) is 2. The van der Waals surface area contributed by atoms with E-state index in [2.05, 4.69) is 10.3 Å². The highest BCUT2D eigenvalue weighted by Gasteiger charge is 2.26. The highest BCUT2D eigenvalue weighted by atomic mass is 16.1. The second-order valence-electron chi connectivity index (χ2n) is 4.65. The van der Waals surface area contributed by atoms with Gasteiger partial charge in [0.25, 0.3) is 5.56 Å². The molecule has 0 aromatic carbocycles. The largest absolute Gasteiger partial charge is 0.363 e. The van der Waals surface area contributed by atoms with Gasteiger partial charge in [-0.1, -0.05) is 0 Å². The Labute approximate surface area is 94.7 Å². The molecule has 0 atom stereocenters. The SMILES string of the molecule is CC(C)n1ccnc(NC2CC(N)C2)c1=O. The molecule has 1 aromatic rings. The Kier molecular flexibility index (Phi) is 2.96. The van der Waals surface area contributed by atoms with Crippen molar-refractivity contribution >= 4 is 5.82 Å². The summed E-state index contributed by atoms with van der Waals surface area (Å²) in [5.41, 5.74) is 5.64. The van der Waals surface area contributed by atoms with Crippen LogP contribution in [0.25, 0.3) is 0 Å². The zero-order valence-corrected chi connectivity index (χ0v) is 9.68. The summed E-state index contributed by atoms with van der Waals surface area (Å²) < 4.78 is 1.67. The topological polar surface area (TPSA) is 72.9 Å². The summed E-state index contributed by atoms with van der Waals surface area (Å²) in [5.74, 6) is 0.438. The maximum Gasteiger partial charge on any atom is 0.293 e. The molecule has 0 unspecified atom stereocenters. The summed E-state index contributed by atoms with van der Waals surface area (Å²) in [6.45, 7) is 3.95. The fourth-order valence-corrected chi connectivity index (χ4v) is 1.90. The summed E-state index contributed by atoms with van der Waals surface area (Å²) >= 11 is 0. The van der Waals surface area contributed by atoms with Crippen molar-refractivity contribution in [3.8, 4) is 0 Å². The van der Waals surface area contributed by atoms with Crippen molar-refractivity contribution in [3.63, 3.8) is 0 Å². The third kappa shape index (κ3) is 2.09. The third-order valence-corrected chi connectivity index (χ3v) is 2.94. The molecule has 0 radical (unpaired) electrons. The molecule has 0 aliphatic heterocycles. The summed E-state index contributed by atoms with van der Waals surface area (Å²) in [5, 5.41) is 3.15. The molecule has 1 heterocycles. The van der Waals surface area contributed by atoms with E-state index >= 15 is 0 Å². The first-order valence-corrected chi connectivity index (χ1v) is 5.67. The van der Waals surface area contributed by atoms with Crippen molar-refractivity contribution in [1.29, 1.82) is 0 Å². The summed E-state index contributed by atoms with van der Waals surface area (Å²) in [4.78, 5) is 16.1. The maximum absolute atomic E-state index is 12.0. The van der Waals surface area contributed by atoms with Crippen molar-refractivity contribution in [2.24, 2.45) is 5.73 Å². The van der Waals surface area contributed by atoms with Crippen molar-refractivity contribution in [3.05, 3.63) is 22.7 Å². The van der Waals surface area contributed by atoms with Gasteiger partial charge in [0, 0.05) is 30.5 Å². The molecule has 1 aromatic heterocycles. The van der Waals surface area contributed by atoms with Crippen molar-refractivity contribution in [1.82, 2.24) is 9.55 Å². The van der Waals surface area contributed by atoms with Crippen LogP contribution in [-0.2, 0) is 0 Å². The lowest BCUT2D eigenvalue weighted by molar-refractivity contribution is 0.372. The number of anilines is 1. The van der Waals surface area contributed by atoms with Gasteiger partial charge in [0.05, 0.1) is 0 Å². The van der Waals surface area contributed by atoms with Crippen LogP contribution >= 0.6 is 0 Å². The molecule has 3 N–H and O–H groups in total. The number of hydrogen-bond acceptors (Lipinski definition) is 4. The van der Waals surface area contributed by atoms with Gasteiger partial charge in [0.2, 0.25) is 0 Å². The van der Waals surface area contributed by atoms with E-state index in [0.29, 0.717) is 11.9 Å². The van der Waals surface area contributed by atoms with Gasteiger partial charge >= 0.3 is 0 Å². The molecule has 2 rings (SSSR count). The summed E-state index contributed by atoms with van der Waals surface area (Å²) in [7, 11) is 0. The zero-order chi connectivity index (χ0) is 11.7. The Morgan fingerprint density at radius 2 is 2.25 bits per heavy atom. The lowest BCUT2D eigenvalue weighted by Crippen LogP contribution is -2.45. The Bertz CT molecular complexity index is 420. The molecule has 88 valence electrons. The Balaban J connectivity index is 2.15. The average molecular weight is 222 g/mol. The first-order chi connectivity index (χ1) is 7.58.